The summed E-state index contributed by atoms with van der Waals surface area (Å²) in [5, 5.41) is 3.59. The molecular weight excluding hydrogens is 264 g/mol. The normalized spacial score (nSPS) is 35.4. The Labute approximate surface area is 125 Å². The minimum atomic E-state index is -0.338. The molecule has 0 aliphatic heterocycles. The lowest BCUT2D eigenvalue weighted by Gasteiger charge is -2.15. The van der Waals surface area contributed by atoms with Gasteiger partial charge < -0.3 is 15.8 Å². The molecule has 0 heterocycles. The molecule has 0 amide bonds. The monoisotopic (exact) mass is 286 g/mol. The highest BCUT2D eigenvalue weighted by atomic mass is 16.5. The van der Waals surface area contributed by atoms with Crippen LogP contribution in [0.4, 0.5) is 11.4 Å². The first-order valence-electron chi connectivity index (χ1n) is 8.03. The molecule has 21 heavy (non-hydrogen) atoms. The Hall–Kier alpha value is -1.71. The van der Waals surface area contributed by atoms with Crippen LogP contribution in [0.15, 0.2) is 18.2 Å². The van der Waals surface area contributed by atoms with E-state index in [4.69, 9.17) is 10.5 Å². The van der Waals surface area contributed by atoms with Crippen molar-refractivity contribution in [2.24, 2.45) is 23.7 Å². The number of rotatable bonds is 4. The van der Waals surface area contributed by atoms with Crippen molar-refractivity contribution >= 4 is 17.3 Å². The van der Waals surface area contributed by atoms with E-state index >= 15 is 0 Å². The Morgan fingerprint density at radius 2 is 2.05 bits per heavy atom. The zero-order valence-corrected chi connectivity index (χ0v) is 12.3. The van der Waals surface area contributed by atoms with E-state index in [0.717, 1.165) is 29.4 Å². The first kappa shape index (κ1) is 13.0. The summed E-state index contributed by atoms with van der Waals surface area (Å²) < 4.78 is 5.06. The van der Waals surface area contributed by atoms with Crippen molar-refractivity contribution in [3.05, 3.63) is 23.8 Å². The Kier molecular flexibility index (Phi) is 2.88. The second kappa shape index (κ2) is 4.65. The van der Waals surface area contributed by atoms with E-state index in [9.17, 15) is 4.79 Å². The summed E-state index contributed by atoms with van der Waals surface area (Å²) in [5.41, 5.74) is 8.04. The number of carbonyl (C=O) groups excluding carboxylic acids is 1. The summed E-state index contributed by atoms with van der Waals surface area (Å²) in [6.45, 7) is 2.17. The molecule has 3 N–H and O–H groups in total. The predicted octanol–water partition coefficient (Wildman–Crippen LogP) is 2.90. The van der Waals surface area contributed by atoms with Crippen LogP contribution in [0, 0.1) is 23.7 Å². The van der Waals surface area contributed by atoms with Gasteiger partial charge in [0, 0.05) is 6.04 Å². The van der Waals surface area contributed by atoms with Gasteiger partial charge in [0.15, 0.2) is 0 Å². The molecule has 4 rings (SSSR count). The molecule has 112 valence electrons. The minimum Gasteiger partial charge on any atom is -0.462 e. The number of para-hydroxylation sites is 1. The van der Waals surface area contributed by atoms with Gasteiger partial charge in [0.1, 0.15) is 0 Å². The zero-order chi connectivity index (χ0) is 14.6. The van der Waals surface area contributed by atoms with Crippen LogP contribution in [-0.4, -0.2) is 18.6 Å². The summed E-state index contributed by atoms with van der Waals surface area (Å²) >= 11 is 0. The van der Waals surface area contributed by atoms with Crippen molar-refractivity contribution < 1.29 is 9.53 Å². The van der Waals surface area contributed by atoms with Crippen LogP contribution in [0.25, 0.3) is 0 Å². The van der Waals surface area contributed by atoms with Crippen molar-refractivity contribution in [2.75, 3.05) is 17.7 Å². The molecule has 4 unspecified atom stereocenters. The largest absolute Gasteiger partial charge is 0.462 e. The average Bonchev–Trinajstić information content (AvgIpc) is 2.86. The second-order valence-corrected chi connectivity index (χ2v) is 6.65. The summed E-state index contributed by atoms with van der Waals surface area (Å²) in [4.78, 5) is 11.9. The van der Waals surface area contributed by atoms with E-state index in [-0.39, 0.29) is 5.97 Å². The fourth-order valence-electron chi connectivity index (χ4n) is 4.78. The van der Waals surface area contributed by atoms with Crippen LogP contribution < -0.4 is 11.1 Å². The number of nitrogen functional groups attached to an aromatic ring is 1. The van der Waals surface area contributed by atoms with Crippen molar-refractivity contribution in [1.29, 1.82) is 0 Å². The maximum Gasteiger partial charge on any atom is 0.340 e. The van der Waals surface area contributed by atoms with Gasteiger partial charge in [-0.05, 0) is 62.0 Å². The zero-order valence-electron chi connectivity index (χ0n) is 12.3. The number of benzene rings is 1. The third-order valence-corrected chi connectivity index (χ3v) is 5.66. The number of hydrogen-bond donors (Lipinski definition) is 2. The third-order valence-electron chi connectivity index (χ3n) is 5.66. The van der Waals surface area contributed by atoms with E-state index in [1.54, 1.807) is 13.0 Å². The molecule has 3 aliphatic carbocycles. The molecule has 0 saturated heterocycles. The van der Waals surface area contributed by atoms with E-state index in [1.807, 2.05) is 12.1 Å². The van der Waals surface area contributed by atoms with Gasteiger partial charge in [0.2, 0.25) is 0 Å². The number of carbonyl (C=O) groups is 1. The molecule has 2 bridgehead atoms. The van der Waals surface area contributed by atoms with Gasteiger partial charge in [-0.3, -0.25) is 0 Å². The molecule has 4 nitrogen and oxygen atoms in total. The number of hydrogen-bond acceptors (Lipinski definition) is 4. The topological polar surface area (TPSA) is 64.3 Å². The maximum atomic E-state index is 11.9. The molecule has 0 radical (unpaired) electrons. The highest BCUT2D eigenvalue weighted by Crippen LogP contribution is 2.66. The number of ether oxygens (including phenoxy) is 1. The van der Waals surface area contributed by atoms with Gasteiger partial charge in [0.05, 0.1) is 23.5 Å². The first-order valence-corrected chi connectivity index (χ1v) is 8.03. The molecule has 3 aliphatic rings. The molecule has 0 aromatic heterocycles. The van der Waals surface area contributed by atoms with Gasteiger partial charge in [-0.1, -0.05) is 6.07 Å². The fraction of sp³-hybridized carbons (Fsp3) is 0.588. The first-order chi connectivity index (χ1) is 10.2. The number of nitrogens with two attached hydrogens (primary N) is 1. The predicted molar refractivity (Wildman–Crippen MR) is 82.0 cm³/mol. The van der Waals surface area contributed by atoms with E-state index in [0.29, 0.717) is 23.9 Å². The van der Waals surface area contributed by atoms with Crippen LogP contribution in [0.3, 0.4) is 0 Å². The molecule has 4 atom stereocenters. The van der Waals surface area contributed by atoms with E-state index in [1.165, 1.54) is 19.3 Å². The molecule has 1 aromatic carbocycles. The Morgan fingerprint density at radius 1 is 1.33 bits per heavy atom. The summed E-state index contributed by atoms with van der Waals surface area (Å²) in [6, 6.07) is 6.14. The lowest BCUT2D eigenvalue weighted by Crippen LogP contribution is -2.15. The van der Waals surface area contributed by atoms with E-state index < -0.39 is 0 Å². The number of esters is 1. The highest BCUT2D eigenvalue weighted by molar-refractivity contribution is 5.98. The summed E-state index contributed by atoms with van der Waals surface area (Å²) in [6.07, 6.45) is 4.25. The molecule has 3 saturated carbocycles. The smallest absolute Gasteiger partial charge is 0.340 e. The van der Waals surface area contributed by atoms with Gasteiger partial charge in [-0.25, -0.2) is 4.79 Å². The van der Waals surface area contributed by atoms with Gasteiger partial charge in [-0.15, -0.1) is 0 Å². The van der Waals surface area contributed by atoms with E-state index in [2.05, 4.69) is 5.32 Å². The number of anilines is 2. The maximum absolute atomic E-state index is 11.9. The SMILES string of the molecule is CCOC(=O)c1cccc(NC2C3C4CCC(C4)C23)c1N. The quantitative estimate of drug-likeness (QED) is 0.660. The lowest BCUT2D eigenvalue weighted by atomic mass is 10.0. The fourth-order valence-corrected chi connectivity index (χ4v) is 4.78. The van der Waals surface area contributed by atoms with Gasteiger partial charge in [0.25, 0.3) is 0 Å². The molecule has 3 fully saturated rings. The van der Waals surface area contributed by atoms with Crippen LogP contribution in [0.5, 0.6) is 0 Å². The van der Waals surface area contributed by atoms with Crippen LogP contribution in [0.2, 0.25) is 0 Å². The standard InChI is InChI=1S/C17H22N2O2/c1-2-21-17(20)11-4-3-5-12(15(11)18)19-16-13-9-6-7-10(8-9)14(13)16/h3-5,9-10,13-14,16,19H,2,6-8,18H2,1H3. The van der Waals surface area contributed by atoms with Crippen molar-refractivity contribution in [3.63, 3.8) is 0 Å². The van der Waals surface area contributed by atoms with Crippen LogP contribution >= 0.6 is 0 Å². The van der Waals surface area contributed by atoms with Crippen LogP contribution in [0.1, 0.15) is 36.5 Å². The van der Waals surface area contributed by atoms with Crippen molar-refractivity contribution in [2.45, 2.75) is 32.2 Å². The molecule has 0 spiro atoms. The Balaban J connectivity index is 1.51. The molecule has 1 aromatic rings. The Bertz CT molecular complexity index is 570. The average molecular weight is 286 g/mol. The minimum absolute atomic E-state index is 0.338. The van der Waals surface area contributed by atoms with Gasteiger partial charge in [-0.2, -0.15) is 0 Å². The van der Waals surface area contributed by atoms with Crippen LogP contribution in [-0.2, 0) is 4.74 Å². The van der Waals surface area contributed by atoms with Crippen molar-refractivity contribution in [3.8, 4) is 0 Å². The number of nitrogens with one attached hydrogen (secondary N) is 1. The second-order valence-electron chi connectivity index (χ2n) is 6.65. The van der Waals surface area contributed by atoms with Crippen molar-refractivity contribution in [1.82, 2.24) is 0 Å². The molecule has 4 heteroatoms. The molecular formula is C17H22N2O2. The number of fused-ring (bicyclic) bond motifs is 5. The third kappa shape index (κ3) is 1.92. The Morgan fingerprint density at radius 3 is 2.71 bits per heavy atom. The summed E-state index contributed by atoms with van der Waals surface area (Å²) in [7, 11) is 0. The lowest BCUT2D eigenvalue weighted by molar-refractivity contribution is 0.0527. The highest BCUT2D eigenvalue weighted by Gasteiger charge is 2.65. The summed E-state index contributed by atoms with van der Waals surface area (Å²) in [5.74, 6) is 3.19. The van der Waals surface area contributed by atoms with Gasteiger partial charge >= 0.3 is 5.97 Å².